The smallest absolute Gasteiger partial charge is 0.251 e. The molecule has 1 fully saturated rings. The van der Waals surface area contributed by atoms with Crippen molar-refractivity contribution in [2.75, 3.05) is 0 Å². The van der Waals surface area contributed by atoms with Crippen LogP contribution in [0.1, 0.15) is 23.2 Å². The second-order valence-electron chi connectivity index (χ2n) is 4.32. The average Bonchev–Trinajstić information content (AvgIpc) is 3.19. The van der Waals surface area contributed by atoms with Gasteiger partial charge in [0.2, 0.25) is 0 Å². The van der Waals surface area contributed by atoms with Gasteiger partial charge in [0.1, 0.15) is 5.82 Å². The SMILES string of the molecule is NC(=NO)C(NC(=O)c1cccc(F)c1)C1CC1. The van der Waals surface area contributed by atoms with Crippen molar-refractivity contribution in [1.82, 2.24) is 5.32 Å². The number of nitrogens with zero attached hydrogens (tertiary/aromatic N) is 1. The van der Waals surface area contributed by atoms with Crippen LogP contribution in [0.3, 0.4) is 0 Å². The highest BCUT2D eigenvalue weighted by molar-refractivity contribution is 5.98. The summed E-state index contributed by atoms with van der Waals surface area (Å²) in [5.41, 5.74) is 5.74. The second-order valence-corrected chi connectivity index (χ2v) is 4.32. The number of carbonyl (C=O) groups is 1. The maximum Gasteiger partial charge on any atom is 0.251 e. The summed E-state index contributed by atoms with van der Waals surface area (Å²) in [5, 5.41) is 14.2. The number of nitrogens with one attached hydrogen (secondary N) is 1. The summed E-state index contributed by atoms with van der Waals surface area (Å²) >= 11 is 0. The first-order valence-corrected chi connectivity index (χ1v) is 5.65. The molecule has 0 aromatic heterocycles. The van der Waals surface area contributed by atoms with Crippen LogP contribution < -0.4 is 11.1 Å². The van der Waals surface area contributed by atoms with E-state index in [4.69, 9.17) is 10.9 Å². The van der Waals surface area contributed by atoms with Crippen LogP contribution >= 0.6 is 0 Å². The molecule has 1 amide bonds. The minimum absolute atomic E-state index is 0.0257. The lowest BCUT2D eigenvalue weighted by atomic mass is 10.1. The molecule has 5 nitrogen and oxygen atoms in total. The first-order valence-electron chi connectivity index (χ1n) is 5.65. The van der Waals surface area contributed by atoms with Crippen molar-refractivity contribution in [3.8, 4) is 0 Å². The Morgan fingerprint density at radius 3 is 2.83 bits per heavy atom. The molecule has 4 N–H and O–H groups in total. The zero-order valence-electron chi connectivity index (χ0n) is 9.64. The van der Waals surface area contributed by atoms with Crippen molar-refractivity contribution in [1.29, 1.82) is 0 Å². The Morgan fingerprint density at radius 2 is 2.28 bits per heavy atom. The van der Waals surface area contributed by atoms with Gasteiger partial charge in [-0.15, -0.1) is 0 Å². The number of rotatable bonds is 4. The highest BCUT2D eigenvalue weighted by atomic mass is 19.1. The van der Waals surface area contributed by atoms with E-state index in [1.165, 1.54) is 18.2 Å². The van der Waals surface area contributed by atoms with E-state index in [1.54, 1.807) is 0 Å². The Bertz CT molecular complexity index is 486. The molecule has 96 valence electrons. The molecule has 0 radical (unpaired) electrons. The van der Waals surface area contributed by atoms with E-state index in [1.807, 2.05) is 0 Å². The molecule has 0 bridgehead atoms. The predicted molar refractivity (Wildman–Crippen MR) is 63.8 cm³/mol. The van der Waals surface area contributed by atoms with Crippen LogP contribution in [0.2, 0.25) is 0 Å². The normalized spacial score (nSPS) is 17.3. The summed E-state index contributed by atoms with van der Waals surface area (Å²) in [7, 11) is 0. The maximum absolute atomic E-state index is 13.0. The number of amidine groups is 1. The number of halogens is 1. The summed E-state index contributed by atoms with van der Waals surface area (Å²) in [6.07, 6.45) is 1.84. The van der Waals surface area contributed by atoms with E-state index >= 15 is 0 Å². The van der Waals surface area contributed by atoms with Gasteiger partial charge >= 0.3 is 0 Å². The van der Waals surface area contributed by atoms with Crippen LogP contribution in [0.15, 0.2) is 29.4 Å². The Labute approximate surface area is 103 Å². The van der Waals surface area contributed by atoms with E-state index in [0.717, 1.165) is 18.9 Å². The third kappa shape index (κ3) is 2.77. The quantitative estimate of drug-likeness (QED) is 0.324. The zero-order valence-corrected chi connectivity index (χ0v) is 9.64. The van der Waals surface area contributed by atoms with E-state index in [0.29, 0.717) is 0 Å². The molecular weight excluding hydrogens is 237 g/mol. The molecule has 1 aliphatic rings. The molecule has 6 heteroatoms. The number of amides is 1. The van der Waals surface area contributed by atoms with Crippen LogP contribution in [-0.4, -0.2) is 23.0 Å². The molecule has 1 atom stereocenters. The zero-order chi connectivity index (χ0) is 13.1. The topological polar surface area (TPSA) is 87.7 Å². The summed E-state index contributed by atoms with van der Waals surface area (Å²) < 4.78 is 13.0. The van der Waals surface area contributed by atoms with Gasteiger partial charge in [-0.3, -0.25) is 4.79 Å². The van der Waals surface area contributed by atoms with E-state index < -0.39 is 17.8 Å². The third-order valence-electron chi connectivity index (χ3n) is 2.90. The Kier molecular flexibility index (Phi) is 3.45. The Morgan fingerprint density at radius 1 is 1.56 bits per heavy atom. The lowest BCUT2D eigenvalue weighted by Gasteiger charge is -2.16. The fraction of sp³-hybridized carbons (Fsp3) is 0.333. The predicted octanol–water partition coefficient (Wildman–Crippen LogP) is 1.08. The third-order valence-corrected chi connectivity index (χ3v) is 2.90. The van der Waals surface area contributed by atoms with Crippen LogP contribution in [0.25, 0.3) is 0 Å². The van der Waals surface area contributed by atoms with Crippen LogP contribution in [-0.2, 0) is 0 Å². The summed E-state index contributed by atoms with van der Waals surface area (Å²) in [6.45, 7) is 0. The largest absolute Gasteiger partial charge is 0.409 e. The van der Waals surface area contributed by atoms with Crippen molar-refractivity contribution in [2.45, 2.75) is 18.9 Å². The fourth-order valence-electron chi connectivity index (χ4n) is 1.78. The molecule has 0 spiro atoms. The van der Waals surface area contributed by atoms with Gasteiger partial charge in [0.05, 0.1) is 6.04 Å². The maximum atomic E-state index is 13.0. The van der Waals surface area contributed by atoms with E-state index in [9.17, 15) is 9.18 Å². The van der Waals surface area contributed by atoms with Gasteiger partial charge in [-0.25, -0.2) is 4.39 Å². The van der Waals surface area contributed by atoms with Crippen molar-refractivity contribution < 1.29 is 14.4 Å². The van der Waals surface area contributed by atoms with Gasteiger partial charge in [-0.1, -0.05) is 11.2 Å². The minimum atomic E-state index is -0.495. The molecule has 1 aliphatic carbocycles. The van der Waals surface area contributed by atoms with Crippen LogP contribution in [0.5, 0.6) is 0 Å². The molecule has 18 heavy (non-hydrogen) atoms. The highest BCUT2D eigenvalue weighted by Gasteiger charge is 2.35. The van der Waals surface area contributed by atoms with Crippen LogP contribution in [0.4, 0.5) is 4.39 Å². The molecule has 1 aromatic rings. The molecule has 0 aliphatic heterocycles. The van der Waals surface area contributed by atoms with Gasteiger partial charge in [0.15, 0.2) is 5.84 Å². The number of hydrogen-bond acceptors (Lipinski definition) is 3. The Balaban J connectivity index is 2.10. The minimum Gasteiger partial charge on any atom is -0.409 e. The van der Waals surface area contributed by atoms with Crippen molar-refractivity contribution in [2.24, 2.45) is 16.8 Å². The van der Waals surface area contributed by atoms with Gasteiger partial charge in [0, 0.05) is 5.56 Å². The Hall–Kier alpha value is -2.11. The molecular formula is C12H14FN3O2. The average molecular weight is 251 g/mol. The second kappa shape index (κ2) is 5.03. The number of nitrogens with two attached hydrogens (primary N) is 1. The van der Waals surface area contributed by atoms with Gasteiger partial charge < -0.3 is 16.3 Å². The summed E-state index contributed by atoms with van der Waals surface area (Å²) in [6, 6.07) is 4.88. The van der Waals surface area contributed by atoms with Crippen molar-refractivity contribution in [3.05, 3.63) is 35.6 Å². The fourth-order valence-corrected chi connectivity index (χ4v) is 1.78. The van der Waals surface area contributed by atoms with Crippen LogP contribution in [0, 0.1) is 11.7 Å². The number of carbonyl (C=O) groups excluding carboxylic acids is 1. The molecule has 1 aromatic carbocycles. The molecule has 1 saturated carbocycles. The molecule has 2 rings (SSSR count). The van der Waals surface area contributed by atoms with E-state index in [2.05, 4.69) is 10.5 Å². The highest BCUT2D eigenvalue weighted by Crippen LogP contribution is 2.32. The number of benzene rings is 1. The lowest BCUT2D eigenvalue weighted by molar-refractivity contribution is 0.0942. The first-order chi connectivity index (χ1) is 8.61. The summed E-state index contributed by atoms with van der Waals surface area (Å²) in [5.74, 6) is -0.743. The molecule has 0 saturated heterocycles. The van der Waals surface area contributed by atoms with Crippen molar-refractivity contribution >= 4 is 11.7 Å². The van der Waals surface area contributed by atoms with Gasteiger partial charge in [-0.05, 0) is 37.0 Å². The number of hydrogen-bond donors (Lipinski definition) is 3. The summed E-state index contributed by atoms with van der Waals surface area (Å²) in [4.78, 5) is 11.9. The molecule has 1 unspecified atom stereocenters. The first kappa shape index (κ1) is 12.3. The van der Waals surface area contributed by atoms with Gasteiger partial charge in [-0.2, -0.15) is 0 Å². The van der Waals surface area contributed by atoms with E-state index in [-0.39, 0.29) is 17.3 Å². The monoisotopic (exact) mass is 251 g/mol. The molecule has 0 heterocycles. The number of oxime groups is 1. The van der Waals surface area contributed by atoms with Crippen molar-refractivity contribution in [3.63, 3.8) is 0 Å². The lowest BCUT2D eigenvalue weighted by Crippen LogP contribution is -2.46. The van der Waals surface area contributed by atoms with Gasteiger partial charge in [0.25, 0.3) is 5.91 Å². The standard InChI is InChI=1S/C12H14FN3O2/c13-9-3-1-2-8(6-9)12(17)15-10(7-4-5-7)11(14)16-18/h1-3,6-7,10,18H,4-5H2,(H2,14,16)(H,15,17).